The van der Waals surface area contributed by atoms with Gasteiger partial charge in [0.2, 0.25) is 0 Å². The molecule has 0 amide bonds. The van der Waals surface area contributed by atoms with Gasteiger partial charge in [0.25, 0.3) is 5.56 Å². The third-order valence-corrected chi connectivity index (χ3v) is 3.70. The molecule has 6 heteroatoms. The number of pyridine rings is 1. The summed E-state index contributed by atoms with van der Waals surface area (Å²) in [5.74, 6) is -0.407. The van der Waals surface area contributed by atoms with Crippen LogP contribution in [0.2, 0.25) is 0 Å². The lowest BCUT2D eigenvalue weighted by Crippen LogP contribution is -2.08. The smallest absolute Gasteiger partial charge is 0.282 e. The molecule has 3 rings (SSSR count). The fourth-order valence-corrected chi connectivity index (χ4v) is 2.81. The first-order valence-corrected chi connectivity index (χ1v) is 6.03. The predicted octanol–water partition coefficient (Wildman–Crippen LogP) is 2.23. The monoisotopic (exact) mass is 261 g/mol. The third kappa shape index (κ3) is 1.46. The van der Waals surface area contributed by atoms with Crippen molar-refractivity contribution in [2.75, 3.05) is 5.73 Å². The van der Waals surface area contributed by atoms with Crippen LogP contribution in [0.15, 0.2) is 23.1 Å². The molecule has 1 aromatic carbocycles. The minimum atomic E-state index is -0.475. The number of rotatable bonds is 0. The molecule has 3 aromatic rings. The van der Waals surface area contributed by atoms with E-state index in [1.165, 1.54) is 12.3 Å². The van der Waals surface area contributed by atoms with Crippen LogP contribution in [0, 0.1) is 12.7 Å². The first-order chi connectivity index (χ1) is 8.58. The number of aromatic nitrogens is 2. The van der Waals surface area contributed by atoms with Crippen molar-refractivity contribution in [3.8, 4) is 0 Å². The Morgan fingerprint density at radius 2 is 2.17 bits per heavy atom. The number of nitrogen functional groups attached to an aromatic ring is 1. The van der Waals surface area contributed by atoms with E-state index in [0.717, 1.165) is 16.9 Å². The van der Waals surface area contributed by atoms with Crippen LogP contribution in [0.25, 0.3) is 21.0 Å². The molecule has 90 valence electrons. The van der Waals surface area contributed by atoms with Gasteiger partial charge in [-0.05, 0) is 18.6 Å². The van der Waals surface area contributed by atoms with Crippen molar-refractivity contribution in [3.05, 3.63) is 40.1 Å². The van der Waals surface area contributed by atoms with E-state index < -0.39 is 11.4 Å². The van der Waals surface area contributed by atoms with Gasteiger partial charge in [0, 0.05) is 6.20 Å². The van der Waals surface area contributed by atoms with Crippen molar-refractivity contribution in [1.29, 1.82) is 0 Å². The number of nitrogens with zero attached hydrogens (tertiary/aromatic N) is 2. The molecule has 0 atom stereocenters. The maximum atomic E-state index is 14.0. The van der Waals surface area contributed by atoms with Crippen molar-refractivity contribution in [2.45, 2.75) is 6.92 Å². The maximum Gasteiger partial charge on any atom is 0.282 e. The highest BCUT2D eigenvalue weighted by molar-refractivity contribution is 7.22. The van der Waals surface area contributed by atoms with Crippen molar-refractivity contribution in [1.82, 2.24) is 9.97 Å². The van der Waals surface area contributed by atoms with Crippen LogP contribution in [-0.2, 0) is 0 Å². The van der Waals surface area contributed by atoms with E-state index >= 15 is 0 Å². The minimum Gasteiger partial charge on any atom is -0.375 e. The highest BCUT2D eigenvalue weighted by atomic mass is 32.1. The summed E-state index contributed by atoms with van der Waals surface area (Å²) in [6.07, 6.45) is 1.43. The summed E-state index contributed by atoms with van der Waals surface area (Å²) in [6, 6.07) is 3.02. The number of hydrogen-bond acceptors (Lipinski definition) is 5. The molecule has 0 unspecified atom stereocenters. The Hall–Kier alpha value is -2.08. The zero-order chi connectivity index (χ0) is 12.9. The summed E-state index contributed by atoms with van der Waals surface area (Å²) in [5, 5.41) is 0.760. The van der Waals surface area contributed by atoms with Crippen LogP contribution < -0.4 is 11.3 Å². The molecule has 0 radical (unpaired) electrons. The summed E-state index contributed by atoms with van der Waals surface area (Å²) < 4.78 is 14.5. The van der Waals surface area contributed by atoms with Gasteiger partial charge in [0.1, 0.15) is 5.82 Å². The Kier molecular flexibility index (Phi) is 2.27. The molecule has 0 aliphatic rings. The molecule has 0 saturated heterocycles. The maximum absolute atomic E-state index is 14.0. The lowest BCUT2D eigenvalue weighted by molar-refractivity contribution is 0.640. The van der Waals surface area contributed by atoms with Crippen LogP contribution in [0.5, 0.6) is 0 Å². The first kappa shape index (κ1) is 11.0. The standard InChI is InChI=1S/C12H8FN3OS/c1-5-2-3-7(13)8-9(5)15-4-6-10(8)18-12(14)16-11(6)17/h2-4H,1H3,(H2,14,16,17). The molecule has 2 heterocycles. The van der Waals surface area contributed by atoms with E-state index in [2.05, 4.69) is 9.97 Å². The number of nitrogens with two attached hydrogens (primary N) is 1. The van der Waals surface area contributed by atoms with E-state index in [4.69, 9.17) is 5.73 Å². The number of benzene rings is 1. The number of aryl methyl sites for hydroxylation is 1. The fraction of sp³-hybridized carbons (Fsp3) is 0.0833. The van der Waals surface area contributed by atoms with Gasteiger partial charge in [0.15, 0.2) is 5.13 Å². The molecule has 0 bridgehead atoms. The first-order valence-electron chi connectivity index (χ1n) is 5.22. The second-order valence-electron chi connectivity index (χ2n) is 3.95. The summed E-state index contributed by atoms with van der Waals surface area (Å²) in [4.78, 5) is 19.5. The molecule has 0 spiro atoms. The lowest BCUT2D eigenvalue weighted by atomic mass is 10.1. The largest absolute Gasteiger partial charge is 0.375 e. The lowest BCUT2D eigenvalue weighted by Gasteiger charge is -2.05. The van der Waals surface area contributed by atoms with Crippen molar-refractivity contribution in [2.24, 2.45) is 0 Å². The topological polar surface area (TPSA) is 68.9 Å². The quantitative estimate of drug-likeness (QED) is 0.630. The van der Waals surface area contributed by atoms with Gasteiger partial charge < -0.3 is 5.73 Å². The number of halogens is 1. The average Bonchev–Trinajstić information content (AvgIpc) is 2.33. The highest BCUT2D eigenvalue weighted by Gasteiger charge is 2.12. The third-order valence-electron chi connectivity index (χ3n) is 2.77. The zero-order valence-corrected chi connectivity index (χ0v) is 10.2. The number of fused-ring (bicyclic) bond motifs is 3. The van der Waals surface area contributed by atoms with Gasteiger partial charge in [-0.2, -0.15) is 4.98 Å². The minimum absolute atomic E-state index is 0.126. The van der Waals surface area contributed by atoms with Crippen LogP contribution in [0.3, 0.4) is 0 Å². The van der Waals surface area contributed by atoms with Gasteiger partial charge in [-0.25, -0.2) is 4.39 Å². The molecular weight excluding hydrogens is 253 g/mol. The molecule has 0 aliphatic heterocycles. The molecular formula is C12H8FN3OS. The Balaban J connectivity index is 2.69. The highest BCUT2D eigenvalue weighted by Crippen LogP contribution is 2.30. The van der Waals surface area contributed by atoms with Gasteiger partial charge in [-0.3, -0.25) is 9.78 Å². The molecule has 4 nitrogen and oxygen atoms in total. The molecule has 0 saturated carbocycles. The summed E-state index contributed by atoms with van der Waals surface area (Å²) in [7, 11) is 0. The normalized spacial score (nSPS) is 11.2. The zero-order valence-electron chi connectivity index (χ0n) is 9.40. The summed E-state index contributed by atoms with van der Waals surface area (Å²) in [5.41, 5.74) is 6.49. The van der Waals surface area contributed by atoms with E-state index in [0.29, 0.717) is 21.0 Å². The van der Waals surface area contributed by atoms with Crippen molar-refractivity contribution >= 4 is 37.5 Å². The second kappa shape index (κ2) is 3.71. The van der Waals surface area contributed by atoms with Crippen LogP contribution >= 0.6 is 11.3 Å². The van der Waals surface area contributed by atoms with Gasteiger partial charge in [-0.1, -0.05) is 17.4 Å². The SMILES string of the molecule is Cc1ccc(F)c2c1ncc1c(=O)nc(N)sc12. The van der Waals surface area contributed by atoms with Gasteiger partial charge in [0.05, 0.1) is 21.0 Å². The Morgan fingerprint density at radius 3 is 2.94 bits per heavy atom. The number of anilines is 1. The Labute approximate surface area is 105 Å². The molecule has 2 N–H and O–H groups in total. The van der Waals surface area contributed by atoms with Crippen LogP contribution in [0.4, 0.5) is 9.52 Å². The van der Waals surface area contributed by atoms with E-state index in [1.807, 2.05) is 6.92 Å². The van der Waals surface area contributed by atoms with E-state index in [9.17, 15) is 9.18 Å². The summed E-state index contributed by atoms with van der Waals surface area (Å²) in [6.45, 7) is 1.84. The van der Waals surface area contributed by atoms with E-state index in [-0.39, 0.29) is 5.13 Å². The summed E-state index contributed by atoms with van der Waals surface area (Å²) >= 11 is 1.09. The molecule has 2 aromatic heterocycles. The van der Waals surface area contributed by atoms with Gasteiger partial charge in [-0.15, -0.1) is 0 Å². The van der Waals surface area contributed by atoms with Crippen LogP contribution in [0.1, 0.15) is 5.56 Å². The second-order valence-corrected chi connectivity index (χ2v) is 4.98. The molecule has 18 heavy (non-hydrogen) atoms. The molecule has 0 aliphatic carbocycles. The predicted molar refractivity (Wildman–Crippen MR) is 70.3 cm³/mol. The van der Waals surface area contributed by atoms with Crippen molar-refractivity contribution < 1.29 is 4.39 Å². The van der Waals surface area contributed by atoms with Gasteiger partial charge >= 0.3 is 0 Å². The van der Waals surface area contributed by atoms with Crippen LogP contribution in [-0.4, -0.2) is 9.97 Å². The van der Waals surface area contributed by atoms with Crippen molar-refractivity contribution in [3.63, 3.8) is 0 Å². The fourth-order valence-electron chi connectivity index (χ4n) is 1.92. The average molecular weight is 261 g/mol. The Bertz CT molecular complexity index is 844. The van der Waals surface area contributed by atoms with E-state index in [1.54, 1.807) is 6.07 Å². The number of hydrogen-bond donors (Lipinski definition) is 1. The Morgan fingerprint density at radius 1 is 1.39 bits per heavy atom. The molecule has 0 fully saturated rings.